The van der Waals surface area contributed by atoms with Gasteiger partial charge < -0.3 is 19.9 Å². The largest absolute Gasteiger partial charge is 0.450 e. The topological polar surface area (TPSA) is 96.8 Å². The Hall–Kier alpha value is -2.58. The first-order valence-corrected chi connectivity index (χ1v) is 9.99. The van der Waals surface area contributed by atoms with Crippen LogP contribution in [0.2, 0.25) is 0 Å². The summed E-state index contributed by atoms with van der Waals surface area (Å²) >= 11 is 0. The second-order valence-electron chi connectivity index (χ2n) is 7.41. The number of aryl methyl sites for hydroxylation is 1. The molecule has 0 radical (unpaired) electrons. The van der Waals surface area contributed by atoms with Crippen molar-refractivity contribution in [3.8, 4) is 0 Å². The van der Waals surface area contributed by atoms with Gasteiger partial charge >= 0.3 is 6.09 Å². The number of ether oxygens (including phenoxy) is 1. The molecule has 2 fully saturated rings. The predicted octanol–water partition coefficient (Wildman–Crippen LogP) is 0.734. The Kier molecular flexibility index (Phi) is 6.53. The first kappa shape index (κ1) is 20.2. The first-order valence-electron chi connectivity index (χ1n) is 9.99. The summed E-state index contributed by atoms with van der Waals surface area (Å²) in [5.74, 6) is 0.683. The van der Waals surface area contributed by atoms with Gasteiger partial charge in [0.1, 0.15) is 5.82 Å². The molecule has 2 aliphatic rings. The van der Waals surface area contributed by atoms with Gasteiger partial charge in [-0.15, -0.1) is 0 Å². The third-order valence-corrected chi connectivity index (χ3v) is 5.43. The van der Waals surface area contributed by atoms with Crippen LogP contribution in [0.3, 0.4) is 0 Å². The second-order valence-corrected chi connectivity index (χ2v) is 7.41. The number of carbonyl (C=O) groups excluding carboxylic acids is 2. The van der Waals surface area contributed by atoms with Crippen LogP contribution >= 0.6 is 0 Å². The van der Waals surface area contributed by atoms with Crippen LogP contribution in [0, 0.1) is 5.92 Å². The van der Waals surface area contributed by atoms with Gasteiger partial charge in [0, 0.05) is 45.3 Å². The van der Waals surface area contributed by atoms with Crippen LogP contribution in [0.25, 0.3) is 0 Å². The Labute approximate surface area is 164 Å². The van der Waals surface area contributed by atoms with Gasteiger partial charge in [-0.1, -0.05) is 0 Å². The second kappa shape index (κ2) is 9.07. The lowest BCUT2D eigenvalue weighted by Crippen LogP contribution is -2.50. The first-order chi connectivity index (χ1) is 13.5. The average molecular weight is 391 g/mol. The maximum Gasteiger partial charge on any atom is 0.409 e. The Balaban J connectivity index is 1.51. The van der Waals surface area contributed by atoms with E-state index in [1.54, 1.807) is 24.9 Å². The molecule has 0 spiro atoms. The zero-order chi connectivity index (χ0) is 20.1. The number of carbonyl (C=O) groups is 2. The molecule has 0 aliphatic carbocycles. The highest BCUT2D eigenvalue weighted by Crippen LogP contribution is 2.22. The minimum atomic E-state index is -0.278. The van der Waals surface area contributed by atoms with Crippen molar-refractivity contribution in [3.63, 3.8) is 0 Å². The fraction of sp³-hybridized carbons (Fsp3) is 0.684. The lowest BCUT2D eigenvalue weighted by atomic mass is 9.96. The summed E-state index contributed by atoms with van der Waals surface area (Å²) in [6.45, 7) is 4.79. The average Bonchev–Trinajstić information content (AvgIpc) is 2.71. The number of rotatable bonds is 4. The molecule has 3 heterocycles. The molecule has 1 atom stereocenters. The molecule has 154 valence electrons. The fourth-order valence-corrected chi connectivity index (χ4v) is 3.80. The maximum atomic E-state index is 12.8. The Morgan fingerprint density at radius 3 is 2.64 bits per heavy atom. The summed E-state index contributed by atoms with van der Waals surface area (Å²) in [6, 6.07) is 3.31. The number of hydrogen-bond acceptors (Lipinski definition) is 6. The van der Waals surface area contributed by atoms with Crippen molar-refractivity contribution in [3.05, 3.63) is 22.5 Å². The van der Waals surface area contributed by atoms with Crippen LogP contribution < -0.4 is 15.8 Å². The summed E-state index contributed by atoms with van der Waals surface area (Å²) in [5.41, 5.74) is -0.149. The number of likely N-dealkylation sites (tertiary alicyclic amines) is 1. The monoisotopic (exact) mass is 391 g/mol. The van der Waals surface area contributed by atoms with E-state index in [0.717, 1.165) is 38.0 Å². The van der Waals surface area contributed by atoms with Crippen molar-refractivity contribution in [1.29, 1.82) is 0 Å². The van der Waals surface area contributed by atoms with E-state index in [0.29, 0.717) is 26.2 Å². The number of piperidine rings is 2. The molecule has 3 rings (SSSR count). The molecular weight excluding hydrogens is 362 g/mol. The van der Waals surface area contributed by atoms with Crippen LogP contribution in [0.1, 0.15) is 32.6 Å². The number of anilines is 1. The minimum Gasteiger partial charge on any atom is -0.450 e. The van der Waals surface area contributed by atoms with Crippen LogP contribution in [-0.4, -0.2) is 65.5 Å². The van der Waals surface area contributed by atoms with Crippen molar-refractivity contribution in [1.82, 2.24) is 20.0 Å². The highest BCUT2D eigenvalue weighted by molar-refractivity contribution is 5.80. The normalized spacial score (nSPS) is 20.7. The summed E-state index contributed by atoms with van der Waals surface area (Å²) in [7, 11) is 1.63. The van der Waals surface area contributed by atoms with E-state index in [9.17, 15) is 14.4 Å². The highest BCUT2D eigenvalue weighted by atomic mass is 16.6. The molecule has 28 heavy (non-hydrogen) atoms. The predicted molar refractivity (Wildman–Crippen MR) is 104 cm³/mol. The molecule has 0 aromatic carbocycles. The van der Waals surface area contributed by atoms with Crippen molar-refractivity contribution in [2.45, 2.75) is 38.6 Å². The molecule has 9 nitrogen and oxygen atoms in total. The summed E-state index contributed by atoms with van der Waals surface area (Å²) in [6.07, 6.45) is 2.95. The van der Waals surface area contributed by atoms with Gasteiger partial charge in [-0.25, -0.2) is 9.48 Å². The van der Waals surface area contributed by atoms with E-state index < -0.39 is 0 Å². The zero-order valence-corrected chi connectivity index (χ0v) is 16.6. The lowest BCUT2D eigenvalue weighted by molar-refractivity contribution is -0.126. The van der Waals surface area contributed by atoms with E-state index in [4.69, 9.17) is 4.74 Å². The number of amides is 2. The highest BCUT2D eigenvalue weighted by Gasteiger charge is 2.30. The van der Waals surface area contributed by atoms with E-state index in [-0.39, 0.29) is 29.5 Å². The van der Waals surface area contributed by atoms with Crippen molar-refractivity contribution < 1.29 is 14.3 Å². The molecule has 1 N–H and O–H groups in total. The van der Waals surface area contributed by atoms with Crippen molar-refractivity contribution in [2.24, 2.45) is 13.0 Å². The molecule has 9 heteroatoms. The molecular formula is C19H29N5O4. The Morgan fingerprint density at radius 1 is 1.21 bits per heavy atom. The quantitative estimate of drug-likeness (QED) is 0.813. The minimum absolute atomic E-state index is 0.0594. The van der Waals surface area contributed by atoms with E-state index >= 15 is 0 Å². The third kappa shape index (κ3) is 4.82. The van der Waals surface area contributed by atoms with Gasteiger partial charge in [0.25, 0.3) is 5.56 Å². The number of nitrogens with one attached hydrogen (secondary N) is 1. The molecule has 2 amide bonds. The van der Waals surface area contributed by atoms with E-state index in [2.05, 4.69) is 15.3 Å². The van der Waals surface area contributed by atoms with Crippen LogP contribution in [0.4, 0.5) is 10.6 Å². The van der Waals surface area contributed by atoms with Gasteiger partial charge in [-0.2, -0.15) is 5.10 Å². The fourth-order valence-electron chi connectivity index (χ4n) is 3.80. The van der Waals surface area contributed by atoms with Crippen LogP contribution in [0.5, 0.6) is 0 Å². The van der Waals surface area contributed by atoms with Gasteiger partial charge in [0.15, 0.2) is 0 Å². The Morgan fingerprint density at radius 2 is 1.96 bits per heavy atom. The summed E-state index contributed by atoms with van der Waals surface area (Å²) < 4.78 is 6.35. The third-order valence-electron chi connectivity index (χ3n) is 5.43. The zero-order valence-electron chi connectivity index (χ0n) is 16.6. The Bertz CT molecular complexity index is 757. The molecule has 0 saturated carbocycles. The molecule has 1 aromatic rings. The number of hydrogen-bond donors (Lipinski definition) is 1. The SMILES string of the molecule is CCOC(=O)N1CCC(NC(=O)[C@@H]2CCCN(c3ccc(=O)n(C)n3)C2)CC1. The number of aromatic nitrogens is 2. The molecule has 0 unspecified atom stereocenters. The van der Waals surface area contributed by atoms with Crippen molar-refractivity contribution >= 4 is 17.8 Å². The number of nitrogens with zero attached hydrogens (tertiary/aromatic N) is 4. The van der Waals surface area contributed by atoms with Gasteiger partial charge in [0.2, 0.25) is 5.91 Å². The standard InChI is InChI=1S/C19H29N5O4/c1-3-28-19(27)23-11-8-15(9-12-23)20-18(26)14-5-4-10-24(13-14)16-6-7-17(25)22(2)21-16/h6-7,14-15H,3-5,8-13H2,1-2H3,(H,20,26)/t14-/m1/s1. The van der Waals surface area contributed by atoms with Crippen LogP contribution in [-0.2, 0) is 16.6 Å². The van der Waals surface area contributed by atoms with Crippen LogP contribution in [0.15, 0.2) is 16.9 Å². The smallest absolute Gasteiger partial charge is 0.409 e. The summed E-state index contributed by atoms with van der Waals surface area (Å²) in [4.78, 5) is 39.8. The maximum absolute atomic E-state index is 12.8. The van der Waals surface area contributed by atoms with E-state index in [1.807, 2.05) is 0 Å². The molecule has 2 saturated heterocycles. The van der Waals surface area contributed by atoms with E-state index in [1.165, 1.54) is 10.7 Å². The molecule has 0 bridgehead atoms. The summed E-state index contributed by atoms with van der Waals surface area (Å²) in [5, 5.41) is 7.45. The molecule has 2 aliphatic heterocycles. The lowest BCUT2D eigenvalue weighted by Gasteiger charge is -2.35. The van der Waals surface area contributed by atoms with Crippen molar-refractivity contribution in [2.75, 3.05) is 37.7 Å². The van der Waals surface area contributed by atoms with Gasteiger partial charge in [-0.3, -0.25) is 9.59 Å². The van der Waals surface area contributed by atoms with Gasteiger partial charge in [-0.05, 0) is 38.7 Å². The molecule has 1 aromatic heterocycles. The van der Waals surface area contributed by atoms with Gasteiger partial charge in [0.05, 0.1) is 12.5 Å².